The Morgan fingerprint density at radius 1 is 1.10 bits per heavy atom. The molecule has 0 aliphatic rings. The van der Waals surface area contributed by atoms with E-state index in [4.69, 9.17) is 11.6 Å². The smallest absolute Gasteiger partial charge is 0.181 e. The van der Waals surface area contributed by atoms with Crippen LogP contribution in [0.5, 0.6) is 0 Å². The van der Waals surface area contributed by atoms with Gasteiger partial charge >= 0.3 is 0 Å². The quantitative estimate of drug-likeness (QED) is 0.621. The average Bonchev–Trinajstić information content (AvgIpc) is 2.90. The Bertz CT molecular complexity index is 722. The van der Waals surface area contributed by atoms with Crippen LogP contribution in [0.3, 0.4) is 0 Å². The van der Waals surface area contributed by atoms with Crippen LogP contribution in [-0.2, 0) is 6.54 Å². The van der Waals surface area contributed by atoms with Crippen molar-refractivity contribution in [1.82, 2.24) is 14.8 Å². The predicted molar refractivity (Wildman–Crippen MR) is 88.7 cm³/mol. The highest BCUT2D eigenvalue weighted by Gasteiger charge is 2.05. The largest absolute Gasteiger partial charge is 0.248 e. The van der Waals surface area contributed by atoms with Crippen molar-refractivity contribution in [2.24, 2.45) is 0 Å². The highest BCUT2D eigenvalue weighted by molar-refractivity contribution is 14.1. The normalized spacial score (nSPS) is 10.7. The molecular weight excluding hydrogens is 385 g/mol. The van der Waals surface area contributed by atoms with Crippen LogP contribution in [0.25, 0.3) is 11.4 Å². The van der Waals surface area contributed by atoms with Gasteiger partial charge < -0.3 is 0 Å². The number of nitrogens with zero attached hydrogens (tertiary/aromatic N) is 3. The molecule has 0 bridgehead atoms. The third-order valence-electron chi connectivity index (χ3n) is 2.88. The van der Waals surface area contributed by atoms with Gasteiger partial charge in [0.25, 0.3) is 0 Å². The number of hydrogen-bond donors (Lipinski definition) is 0. The van der Waals surface area contributed by atoms with Crippen molar-refractivity contribution in [3.05, 3.63) is 69.0 Å². The molecule has 0 N–H and O–H groups in total. The Hall–Kier alpha value is -1.40. The third-order valence-corrected chi connectivity index (χ3v) is 3.80. The molecule has 0 fully saturated rings. The maximum atomic E-state index is 5.88. The Kier molecular flexibility index (Phi) is 4.03. The van der Waals surface area contributed by atoms with Crippen LogP contribution in [0.4, 0.5) is 0 Å². The molecule has 0 saturated carbocycles. The fourth-order valence-electron chi connectivity index (χ4n) is 1.91. The predicted octanol–water partition coefficient (Wildman–Crippen LogP) is 4.25. The minimum atomic E-state index is 0.689. The van der Waals surface area contributed by atoms with Crippen LogP contribution in [0.2, 0.25) is 5.02 Å². The summed E-state index contributed by atoms with van der Waals surface area (Å²) in [6, 6.07) is 15.9. The number of aromatic nitrogens is 3. The maximum absolute atomic E-state index is 5.88. The Balaban J connectivity index is 1.82. The number of hydrogen-bond acceptors (Lipinski definition) is 2. The average molecular weight is 396 g/mol. The Labute approximate surface area is 135 Å². The van der Waals surface area contributed by atoms with Gasteiger partial charge in [0.2, 0.25) is 0 Å². The van der Waals surface area contributed by atoms with E-state index in [9.17, 15) is 0 Å². The summed E-state index contributed by atoms with van der Waals surface area (Å²) >= 11 is 8.16. The molecule has 0 spiro atoms. The number of halogens is 2. The first-order valence-electron chi connectivity index (χ1n) is 6.10. The lowest BCUT2D eigenvalue weighted by molar-refractivity contribution is 0.687. The second-order valence-electron chi connectivity index (χ2n) is 4.40. The second-order valence-corrected chi connectivity index (χ2v) is 6.08. The Morgan fingerprint density at radius 2 is 1.90 bits per heavy atom. The highest BCUT2D eigenvalue weighted by Crippen LogP contribution is 2.17. The van der Waals surface area contributed by atoms with Gasteiger partial charge in [-0.3, -0.25) is 0 Å². The third kappa shape index (κ3) is 3.19. The van der Waals surface area contributed by atoms with Crippen molar-refractivity contribution in [2.45, 2.75) is 6.54 Å². The minimum Gasteiger partial charge on any atom is -0.248 e. The second kappa shape index (κ2) is 5.93. The van der Waals surface area contributed by atoms with E-state index < -0.39 is 0 Å². The van der Waals surface area contributed by atoms with Crippen LogP contribution in [-0.4, -0.2) is 14.8 Å². The minimum absolute atomic E-state index is 0.689. The molecule has 0 radical (unpaired) electrons. The van der Waals surface area contributed by atoms with Gasteiger partial charge in [-0.2, -0.15) is 5.10 Å². The number of benzene rings is 2. The molecule has 3 rings (SSSR count). The van der Waals surface area contributed by atoms with Crippen molar-refractivity contribution in [3.8, 4) is 11.4 Å². The standard InChI is InChI=1S/C15H11ClIN3/c16-13-6-4-11(5-7-13)9-20-10-18-15(19-20)12-2-1-3-14(17)8-12/h1-8,10H,9H2. The molecule has 100 valence electrons. The van der Waals surface area contributed by atoms with E-state index in [1.165, 1.54) is 3.57 Å². The van der Waals surface area contributed by atoms with Gasteiger partial charge in [0.05, 0.1) is 6.54 Å². The first-order valence-corrected chi connectivity index (χ1v) is 7.56. The van der Waals surface area contributed by atoms with Gasteiger partial charge in [-0.05, 0) is 52.4 Å². The molecule has 3 nitrogen and oxygen atoms in total. The van der Waals surface area contributed by atoms with Crippen LogP contribution in [0.1, 0.15) is 5.56 Å². The fraction of sp³-hybridized carbons (Fsp3) is 0.0667. The molecule has 1 heterocycles. The molecular formula is C15H11ClIN3. The van der Waals surface area contributed by atoms with Crippen molar-refractivity contribution in [3.63, 3.8) is 0 Å². The summed E-state index contributed by atoms with van der Waals surface area (Å²) in [6.45, 7) is 0.689. The molecule has 0 atom stereocenters. The lowest BCUT2D eigenvalue weighted by Gasteiger charge is -2.01. The molecule has 1 aromatic heterocycles. The van der Waals surface area contributed by atoms with Gasteiger partial charge in [0.1, 0.15) is 6.33 Å². The summed E-state index contributed by atoms with van der Waals surface area (Å²) in [7, 11) is 0. The first kappa shape index (κ1) is 13.6. The first-order chi connectivity index (χ1) is 9.70. The SMILES string of the molecule is Clc1ccc(Cn2cnc(-c3cccc(I)c3)n2)cc1. The maximum Gasteiger partial charge on any atom is 0.181 e. The van der Waals surface area contributed by atoms with E-state index in [-0.39, 0.29) is 0 Å². The Morgan fingerprint density at radius 3 is 2.65 bits per heavy atom. The van der Waals surface area contributed by atoms with Crippen LogP contribution in [0.15, 0.2) is 54.9 Å². The zero-order valence-corrected chi connectivity index (χ0v) is 13.4. The molecule has 0 amide bonds. The topological polar surface area (TPSA) is 30.7 Å². The van der Waals surface area contributed by atoms with E-state index in [0.29, 0.717) is 6.54 Å². The zero-order chi connectivity index (χ0) is 13.9. The molecule has 0 unspecified atom stereocenters. The van der Waals surface area contributed by atoms with Gasteiger partial charge in [-0.1, -0.05) is 35.9 Å². The fourth-order valence-corrected chi connectivity index (χ4v) is 2.58. The van der Waals surface area contributed by atoms with Gasteiger partial charge in [-0.25, -0.2) is 9.67 Å². The van der Waals surface area contributed by atoms with Crippen LogP contribution in [0, 0.1) is 3.57 Å². The van der Waals surface area contributed by atoms with E-state index in [2.05, 4.69) is 44.8 Å². The van der Waals surface area contributed by atoms with E-state index in [1.807, 2.05) is 41.1 Å². The monoisotopic (exact) mass is 395 g/mol. The van der Waals surface area contributed by atoms with Crippen molar-refractivity contribution >= 4 is 34.2 Å². The lowest BCUT2D eigenvalue weighted by atomic mass is 10.2. The van der Waals surface area contributed by atoms with E-state index >= 15 is 0 Å². The summed E-state index contributed by atoms with van der Waals surface area (Å²) in [5, 5.41) is 5.25. The van der Waals surface area contributed by atoms with Crippen molar-refractivity contribution in [1.29, 1.82) is 0 Å². The summed E-state index contributed by atoms with van der Waals surface area (Å²) in [4.78, 5) is 4.36. The zero-order valence-electron chi connectivity index (χ0n) is 10.5. The molecule has 0 saturated heterocycles. The van der Waals surface area contributed by atoms with E-state index in [0.717, 1.165) is 22.0 Å². The number of rotatable bonds is 3. The summed E-state index contributed by atoms with van der Waals surface area (Å²) in [5.41, 5.74) is 2.18. The molecule has 2 aromatic carbocycles. The van der Waals surface area contributed by atoms with Crippen molar-refractivity contribution in [2.75, 3.05) is 0 Å². The van der Waals surface area contributed by atoms with Gasteiger partial charge in [0.15, 0.2) is 5.82 Å². The van der Waals surface area contributed by atoms with Crippen molar-refractivity contribution < 1.29 is 0 Å². The summed E-state index contributed by atoms with van der Waals surface area (Å²) in [6.07, 6.45) is 1.75. The molecule has 20 heavy (non-hydrogen) atoms. The molecule has 3 aromatic rings. The van der Waals surface area contributed by atoms with E-state index in [1.54, 1.807) is 6.33 Å². The molecule has 5 heteroatoms. The summed E-state index contributed by atoms with van der Waals surface area (Å²) in [5.74, 6) is 0.748. The highest BCUT2D eigenvalue weighted by atomic mass is 127. The lowest BCUT2D eigenvalue weighted by Crippen LogP contribution is -2.00. The van der Waals surface area contributed by atoms with Gasteiger partial charge in [-0.15, -0.1) is 0 Å². The molecule has 0 aliphatic carbocycles. The van der Waals surface area contributed by atoms with Crippen LogP contribution >= 0.6 is 34.2 Å². The summed E-state index contributed by atoms with van der Waals surface area (Å²) < 4.78 is 3.01. The van der Waals surface area contributed by atoms with Gasteiger partial charge in [0, 0.05) is 14.2 Å². The van der Waals surface area contributed by atoms with Crippen LogP contribution < -0.4 is 0 Å². The molecule has 0 aliphatic heterocycles.